The van der Waals surface area contributed by atoms with Crippen molar-refractivity contribution < 1.29 is 8.42 Å². The summed E-state index contributed by atoms with van der Waals surface area (Å²) in [6.07, 6.45) is 2.33. The van der Waals surface area contributed by atoms with Crippen LogP contribution >= 0.6 is 46.9 Å². The molecule has 126 valence electrons. The molecular weight excluding hydrogens is 459 g/mol. The van der Waals surface area contributed by atoms with E-state index in [9.17, 15) is 8.42 Å². The van der Waals surface area contributed by atoms with E-state index >= 15 is 0 Å². The highest BCUT2D eigenvalue weighted by Crippen LogP contribution is 2.25. The lowest BCUT2D eigenvalue weighted by Gasteiger charge is -2.10. The predicted octanol–water partition coefficient (Wildman–Crippen LogP) is 2.02. The normalized spacial score (nSPS) is 15.3. The standard InChI is InChI=1S/C12H19ClN4O2S2.HI/c1-2-14-12(17-9-3-4-9)15-7-8-16-21(18,19)11-6-5-10(13)20-11;/h5-6,9,16H,2-4,7-8H2,1H3,(H2,14,15,17);1H. The summed E-state index contributed by atoms with van der Waals surface area (Å²) in [6.45, 7) is 3.39. The largest absolute Gasteiger partial charge is 0.357 e. The second kappa shape index (κ2) is 9.26. The maximum atomic E-state index is 12.0. The molecule has 1 aliphatic carbocycles. The molecule has 6 nitrogen and oxygen atoms in total. The van der Waals surface area contributed by atoms with E-state index in [2.05, 4.69) is 20.3 Å². The van der Waals surface area contributed by atoms with Crippen LogP contribution in [-0.4, -0.2) is 40.1 Å². The molecule has 0 amide bonds. The van der Waals surface area contributed by atoms with E-state index in [1.54, 1.807) is 6.07 Å². The maximum absolute atomic E-state index is 12.0. The molecule has 1 fully saturated rings. The number of guanidine groups is 1. The highest BCUT2D eigenvalue weighted by molar-refractivity contribution is 14.0. The van der Waals surface area contributed by atoms with Crippen LogP contribution in [0.25, 0.3) is 0 Å². The topological polar surface area (TPSA) is 82.6 Å². The van der Waals surface area contributed by atoms with Gasteiger partial charge < -0.3 is 10.6 Å². The molecule has 1 aliphatic rings. The number of rotatable bonds is 7. The number of thiophene rings is 1. The predicted molar refractivity (Wildman–Crippen MR) is 102 cm³/mol. The van der Waals surface area contributed by atoms with Gasteiger partial charge in [-0.1, -0.05) is 11.6 Å². The van der Waals surface area contributed by atoms with E-state index in [1.165, 1.54) is 6.07 Å². The summed E-state index contributed by atoms with van der Waals surface area (Å²) in [5.41, 5.74) is 0. The van der Waals surface area contributed by atoms with Gasteiger partial charge in [0.2, 0.25) is 10.0 Å². The third-order valence-corrected chi connectivity index (χ3v) is 5.93. The molecule has 0 atom stereocenters. The molecule has 1 heterocycles. The Hall–Kier alpha value is -0.100. The number of nitrogens with one attached hydrogen (secondary N) is 3. The Bertz CT molecular complexity index is 602. The molecule has 22 heavy (non-hydrogen) atoms. The van der Waals surface area contributed by atoms with Crippen LogP contribution < -0.4 is 15.4 Å². The van der Waals surface area contributed by atoms with Crippen LogP contribution in [0.15, 0.2) is 21.3 Å². The lowest BCUT2D eigenvalue weighted by Crippen LogP contribution is -2.39. The van der Waals surface area contributed by atoms with E-state index in [-0.39, 0.29) is 34.7 Å². The molecule has 0 saturated heterocycles. The first-order valence-corrected chi connectivity index (χ1v) is 9.49. The molecule has 0 spiro atoms. The molecule has 2 rings (SSSR count). The van der Waals surface area contributed by atoms with Crippen molar-refractivity contribution in [3.05, 3.63) is 16.5 Å². The van der Waals surface area contributed by atoms with Crippen LogP contribution in [-0.2, 0) is 10.0 Å². The number of nitrogens with zero attached hydrogens (tertiary/aromatic N) is 1. The SMILES string of the molecule is CCNC(=NCCNS(=O)(=O)c1ccc(Cl)s1)NC1CC1.I. The zero-order chi connectivity index (χ0) is 15.3. The van der Waals surface area contributed by atoms with Crippen molar-refractivity contribution in [2.24, 2.45) is 4.99 Å². The van der Waals surface area contributed by atoms with Gasteiger partial charge in [0.05, 0.1) is 10.9 Å². The van der Waals surface area contributed by atoms with Crippen LogP contribution in [0, 0.1) is 0 Å². The van der Waals surface area contributed by atoms with Gasteiger partial charge in [0.1, 0.15) is 4.21 Å². The summed E-state index contributed by atoms with van der Waals surface area (Å²) in [5, 5.41) is 6.40. The van der Waals surface area contributed by atoms with Crippen molar-refractivity contribution >= 4 is 62.9 Å². The van der Waals surface area contributed by atoms with E-state index in [1.807, 2.05) is 6.92 Å². The van der Waals surface area contributed by atoms with Crippen LogP contribution in [0.1, 0.15) is 19.8 Å². The summed E-state index contributed by atoms with van der Waals surface area (Å²) < 4.78 is 27.1. The molecule has 1 aromatic rings. The second-order valence-electron chi connectivity index (χ2n) is 4.64. The third kappa shape index (κ3) is 6.57. The highest BCUT2D eigenvalue weighted by atomic mass is 127. The molecular formula is C12H20ClIN4O2S2. The van der Waals surface area contributed by atoms with Crippen molar-refractivity contribution in [1.29, 1.82) is 0 Å². The van der Waals surface area contributed by atoms with Gasteiger partial charge >= 0.3 is 0 Å². The minimum atomic E-state index is -3.49. The molecule has 10 heteroatoms. The van der Waals surface area contributed by atoms with Gasteiger partial charge in [-0.05, 0) is 31.9 Å². The Morgan fingerprint density at radius 2 is 2.18 bits per heavy atom. The van der Waals surface area contributed by atoms with Crippen LogP contribution in [0.3, 0.4) is 0 Å². The molecule has 3 N–H and O–H groups in total. The number of hydrogen-bond acceptors (Lipinski definition) is 4. The van der Waals surface area contributed by atoms with Crippen LogP contribution in [0.4, 0.5) is 0 Å². The van der Waals surface area contributed by atoms with Gasteiger partial charge in [-0.3, -0.25) is 4.99 Å². The van der Waals surface area contributed by atoms with Gasteiger partial charge in [-0.2, -0.15) is 0 Å². The summed E-state index contributed by atoms with van der Waals surface area (Å²) in [6, 6.07) is 3.58. The average Bonchev–Trinajstić information content (AvgIpc) is 3.13. The number of sulfonamides is 1. The molecule has 0 aromatic carbocycles. The fourth-order valence-electron chi connectivity index (χ4n) is 1.60. The molecule has 0 unspecified atom stereocenters. The minimum absolute atomic E-state index is 0. The number of halogens is 2. The van der Waals surface area contributed by atoms with Crippen molar-refractivity contribution in [2.45, 2.75) is 30.0 Å². The fraction of sp³-hybridized carbons (Fsp3) is 0.583. The van der Waals surface area contributed by atoms with Gasteiger partial charge in [0.15, 0.2) is 5.96 Å². The van der Waals surface area contributed by atoms with E-state index in [0.29, 0.717) is 16.9 Å². The van der Waals surface area contributed by atoms with Gasteiger partial charge in [0, 0.05) is 19.1 Å². The number of aliphatic imine (C=N–C) groups is 1. The molecule has 0 radical (unpaired) electrons. The maximum Gasteiger partial charge on any atom is 0.250 e. The summed E-state index contributed by atoms with van der Waals surface area (Å²) in [7, 11) is -3.49. The van der Waals surface area contributed by atoms with E-state index in [4.69, 9.17) is 11.6 Å². The van der Waals surface area contributed by atoms with Crippen LogP contribution in [0.5, 0.6) is 0 Å². The summed E-state index contributed by atoms with van der Waals surface area (Å²) in [5.74, 6) is 0.735. The molecule has 0 bridgehead atoms. The van der Waals surface area contributed by atoms with Gasteiger partial charge in [-0.25, -0.2) is 13.1 Å². The summed E-state index contributed by atoms with van der Waals surface area (Å²) in [4.78, 5) is 4.34. The second-order valence-corrected chi connectivity index (χ2v) is 8.34. The first kappa shape index (κ1) is 19.9. The third-order valence-electron chi connectivity index (χ3n) is 2.75. The fourth-order valence-corrected chi connectivity index (χ4v) is 4.15. The zero-order valence-electron chi connectivity index (χ0n) is 12.1. The smallest absolute Gasteiger partial charge is 0.250 e. The van der Waals surface area contributed by atoms with Crippen molar-refractivity contribution in [1.82, 2.24) is 15.4 Å². The van der Waals surface area contributed by atoms with Crippen molar-refractivity contribution in [2.75, 3.05) is 19.6 Å². The van der Waals surface area contributed by atoms with Crippen molar-refractivity contribution in [3.8, 4) is 0 Å². The number of hydrogen-bond donors (Lipinski definition) is 3. The monoisotopic (exact) mass is 478 g/mol. The molecule has 1 saturated carbocycles. The van der Waals surface area contributed by atoms with Gasteiger partial charge in [-0.15, -0.1) is 35.3 Å². The lowest BCUT2D eigenvalue weighted by molar-refractivity contribution is 0.584. The molecule has 0 aliphatic heterocycles. The van der Waals surface area contributed by atoms with E-state index in [0.717, 1.165) is 36.7 Å². The lowest BCUT2D eigenvalue weighted by atomic mass is 10.6. The molecule has 1 aromatic heterocycles. The Morgan fingerprint density at radius 3 is 2.73 bits per heavy atom. The quantitative estimate of drug-likeness (QED) is 0.242. The van der Waals surface area contributed by atoms with E-state index < -0.39 is 10.0 Å². The first-order chi connectivity index (χ1) is 10.0. The Balaban J connectivity index is 0.00000242. The Labute approximate surface area is 157 Å². The van der Waals surface area contributed by atoms with Crippen molar-refractivity contribution in [3.63, 3.8) is 0 Å². The van der Waals surface area contributed by atoms with Crippen LogP contribution in [0.2, 0.25) is 4.34 Å². The average molecular weight is 479 g/mol. The first-order valence-electron chi connectivity index (χ1n) is 6.81. The van der Waals surface area contributed by atoms with Gasteiger partial charge in [0.25, 0.3) is 0 Å². The summed E-state index contributed by atoms with van der Waals surface area (Å²) >= 11 is 6.78. The Morgan fingerprint density at radius 1 is 1.45 bits per heavy atom. The minimum Gasteiger partial charge on any atom is -0.357 e. The Kier molecular flexibility index (Phi) is 8.39. The zero-order valence-corrected chi connectivity index (χ0v) is 16.9. The highest BCUT2D eigenvalue weighted by Gasteiger charge is 2.22.